The van der Waals surface area contributed by atoms with Crippen molar-refractivity contribution in [3.05, 3.63) is 30.2 Å². The van der Waals surface area contributed by atoms with E-state index >= 15 is 0 Å². The van der Waals surface area contributed by atoms with Gasteiger partial charge in [-0.15, -0.1) is 10.2 Å². The molecule has 0 spiro atoms. The zero-order valence-electron chi connectivity index (χ0n) is 14.2. The number of aromatic nitrogens is 3. The number of fused-ring (bicyclic) bond motifs is 1. The first kappa shape index (κ1) is 15.6. The van der Waals surface area contributed by atoms with Gasteiger partial charge in [-0.1, -0.05) is 31.7 Å². The minimum atomic E-state index is 0.353. The minimum Gasteiger partial charge on any atom is -0.343 e. The third-order valence-electron chi connectivity index (χ3n) is 5.79. The Bertz CT molecular complexity index is 696. The molecule has 5 nitrogen and oxygen atoms in total. The number of pyridine rings is 1. The van der Waals surface area contributed by atoms with E-state index in [0.717, 1.165) is 56.2 Å². The number of likely N-dealkylation sites (tertiary alicyclic amines) is 1. The molecule has 4 rings (SSSR count). The van der Waals surface area contributed by atoms with Crippen LogP contribution in [0.5, 0.6) is 0 Å². The summed E-state index contributed by atoms with van der Waals surface area (Å²) in [6, 6.07) is 5.99. The van der Waals surface area contributed by atoms with Crippen molar-refractivity contribution in [3.63, 3.8) is 0 Å². The maximum absolute atomic E-state index is 12.5. The van der Waals surface area contributed by atoms with Gasteiger partial charge in [0.15, 0.2) is 5.65 Å². The third kappa shape index (κ3) is 3.17. The summed E-state index contributed by atoms with van der Waals surface area (Å²) >= 11 is 0. The maximum Gasteiger partial charge on any atom is 0.222 e. The average molecular weight is 326 g/mol. The van der Waals surface area contributed by atoms with E-state index in [1.54, 1.807) is 0 Å². The van der Waals surface area contributed by atoms with Crippen molar-refractivity contribution in [1.82, 2.24) is 19.5 Å². The molecule has 3 heterocycles. The van der Waals surface area contributed by atoms with E-state index < -0.39 is 0 Å². The number of piperidine rings is 1. The van der Waals surface area contributed by atoms with E-state index in [9.17, 15) is 4.79 Å². The number of nitrogens with zero attached hydrogens (tertiary/aromatic N) is 4. The molecule has 1 aliphatic heterocycles. The summed E-state index contributed by atoms with van der Waals surface area (Å²) in [5.41, 5.74) is 0.905. The first-order valence-electron chi connectivity index (χ1n) is 9.38. The van der Waals surface area contributed by atoms with Crippen LogP contribution in [0.4, 0.5) is 0 Å². The SMILES string of the molecule is O=C(CCC1CCCC1)N1CCC(c2nnc3ccccn23)CC1. The van der Waals surface area contributed by atoms with Crippen LogP contribution in [0.1, 0.15) is 63.1 Å². The van der Waals surface area contributed by atoms with Gasteiger partial charge in [-0.2, -0.15) is 0 Å². The molecule has 2 aliphatic rings. The van der Waals surface area contributed by atoms with Crippen LogP contribution in [0.3, 0.4) is 0 Å². The summed E-state index contributed by atoms with van der Waals surface area (Å²) in [6.45, 7) is 1.71. The average Bonchev–Trinajstić information content (AvgIpc) is 3.29. The number of carbonyl (C=O) groups is 1. The fraction of sp³-hybridized carbons (Fsp3) is 0.632. The lowest BCUT2D eigenvalue weighted by Crippen LogP contribution is -2.38. The summed E-state index contributed by atoms with van der Waals surface area (Å²) < 4.78 is 2.09. The highest BCUT2D eigenvalue weighted by Gasteiger charge is 2.27. The second-order valence-corrected chi connectivity index (χ2v) is 7.33. The predicted octanol–water partition coefficient (Wildman–Crippen LogP) is 3.41. The van der Waals surface area contributed by atoms with Crippen LogP contribution in [-0.4, -0.2) is 38.5 Å². The van der Waals surface area contributed by atoms with Crippen molar-refractivity contribution in [3.8, 4) is 0 Å². The van der Waals surface area contributed by atoms with Crippen LogP contribution in [0, 0.1) is 5.92 Å². The Balaban J connectivity index is 1.32. The van der Waals surface area contributed by atoms with Gasteiger partial charge in [0.05, 0.1) is 0 Å². The Morgan fingerprint density at radius 1 is 1.08 bits per heavy atom. The molecule has 128 valence electrons. The van der Waals surface area contributed by atoms with E-state index in [1.165, 1.54) is 25.7 Å². The molecule has 0 N–H and O–H groups in total. The molecular weight excluding hydrogens is 300 g/mol. The van der Waals surface area contributed by atoms with Crippen molar-refractivity contribution < 1.29 is 4.79 Å². The molecule has 2 aromatic rings. The Kier molecular flexibility index (Phi) is 4.50. The Labute approximate surface area is 143 Å². The highest BCUT2D eigenvalue weighted by Crippen LogP contribution is 2.30. The van der Waals surface area contributed by atoms with Gasteiger partial charge in [0.1, 0.15) is 5.82 Å². The van der Waals surface area contributed by atoms with Crippen molar-refractivity contribution in [2.24, 2.45) is 5.92 Å². The van der Waals surface area contributed by atoms with E-state index in [0.29, 0.717) is 11.8 Å². The topological polar surface area (TPSA) is 50.5 Å². The van der Waals surface area contributed by atoms with Gasteiger partial charge in [0.25, 0.3) is 0 Å². The van der Waals surface area contributed by atoms with E-state index in [4.69, 9.17) is 0 Å². The van der Waals surface area contributed by atoms with Crippen LogP contribution in [0.25, 0.3) is 5.65 Å². The molecule has 24 heavy (non-hydrogen) atoms. The highest BCUT2D eigenvalue weighted by molar-refractivity contribution is 5.76. The minimum absolute atomic E-state index is 0.353. The smallest absolute Gasteiger partial charge is 0.222 e. The van der Waals surface area contributed by atoms with Crippen molar-refractivity contribution in [2.45, 2.75) is 57.3 Å². The lowest BCUT2D eigenvalue weighted by molar-refractivity contribution is -0.132. The maximum atomic E-state index is 12.5. The van der Waals surface area contributed by atoms with Gasteiger partial charge in [0, 0.05) is 31.6 Å². The summed E-state index contributed by atoms with van der Waals surface area (Å²) in [7, 11) is 0. The van der Waals surface area contributed by atoms with E-state index in [1.807, 2.05) is 24.4 Å². The van der Waals surface area contributed by atoms with Gasteiger partial charge < -0.3 is 4.90 Å². The first-order chi connectivity index (χ1) is 11.8. The second-order valence-electron chi connectivity index (χ2n) is 7.33. The molecule has 1 saturated carbocycles. The third-order valence-corrected chi connectivity index (χ3v) is 5.79. The normalized spacial score (nSPS) is 20.1. The number of hydrogen-bond donors (Lipinski definition) is 0. The molecule has 0 radical (unpaired) electrons. The molecule has 1 amide bonds. The number of rotatable bonds is 4. The monoisotopic (exact) mass is 326 g/mol. The van der Waals surface area contributed by atoms with Gasteiger partial charge >= 0.3 is 0 Å². The summed E-state index contributed by atoms with van der Waals surface area (Å²) in [6.07, 6.45) is 11.2. The zero-order valence-corrected chi connectivity index (χ0v) is 14.2. The van der Waals surface area contributed by atoms with Gasteiger partial charge in [0.2, 0.25) is 5.91 Å². The lowest BCUT2D eigenvalue weighted by atomic mass is 9.95. The van der Waals surface area contributed by atoms with E-state index in [2.05, 4.69) is 19.5 Å². The van der Waals surface area contributed by atoms with Crippen LogP contribution in [0.2, 0.25) is 0 Å². The van der Waals surface area contributed by atoms with Crippen molar-refractivity contribution in [2.75, 3.05) is 13.1 Å². The summed E-state index contributed by atoms with van der Waals surface area (Å²) in [4.78, 5) is 14.5. The Morgan fingerprint density at radius 3 is 2.67 bits per heavy atom. The van der Waals surface area contributed by atoms with Crippen LogP contribution in [0.15, 0.2) is 24.4 Å². The molecule has 2 fully saturated rings. The molecule has 1 aliphatic carbocycles. The largest absolute Gasteiger partial charge is 0.343 e. The number of hydrogen-bond acceptors (Lipinski definition) is 3. The van der Waals surface area contributed by atoms with Gasteiger partial charge in [-0.05, 0) is 37.3 Å². The van der Waals surface area contributed by atoms with Crippen molar-refractivity contribution in [1.29, 1.82) is 0 Å². The fourth-order valence-electron chi connectivity index (χ4n) is 4.31. The molecule has 0 bridgehead atoms. The number of carbonyl (C=O) groups excluding carboxylic acids is 1. The van der Waals surface area contributed by atoms with E-state index in [-0.39, 0.29) is 0 Å². The molecule has 0 unspecified atom stereocenters. The quantitative estimate of drug-likeness (QED) is 0.865. The summed E-state index contributed by atoms with van der Waals surface area (Å²) in [5.74, 6) is 2.60. The van der Waals surface area contributed by atoms with Gasteiger partial charge in [-0.25, -0.2) is 0 Å². The Hall–Kier alpha value is -1.91. The molecule has 2 aromatic heterocycles. The predicted molar refractivity (Wildman–Crippen MR) is 92.7 cm³/mol. The molecule has 0 atom stereocenters. The lowest BCUT2D eigenvalue weighted by Gasteiger charge is -2.31. The highest BCUT2D eigenvalue weighted by atomic mass is 16.2. The zero-order chi connectivity index (χ0) is 16.4. The molecule has 5 heteroatoms. The van der Waals surface area contributed by atoms with Crippen LogP contribution in [-0.2, 0) is 4.79 Å². The molecule has 0 aromatic carbocycles. The van der Waals surface area contributed by atoms with Crippen LogP contribution < -0.4 is 0 Å². The second kappa shape index (κ2) is 6.91. The fourth-order valence-corrected chi connectivity index (χ4v) is 4.31. The molecule has 1 saturated heterocycles. The van der Waals surface area contributed by atoms with Crippen molar-refractivity contribution >= 4 is 11.6 Å². The molecular formula is C19H26N4O. The van der Waals surface area contributed by atoms with Crippen LogP contribution >= 0.6 is 0 Å². The standard InChI is InChI=1S/C19H26N4O/c24-18(9-8-15-5-1-2-6-15)22-13-10-16(11-14-22)19-21-20-17-7-3-4-12-23(17)19/h3-4,7,12,15-16H,1-2,5-6,8-11,13-14H2. The first-order valence-corrected chi connectivity index (χ1v) is 9.38. The van der Waals surface area contributed by atoms with Gasteiger partial charge in [-0.3, -0.25) is 9.20 Å². The number of amides is 1. The summed E-state index contributed by atoms with van der Waals surface area (Å²) in [5, 5.41) is 8.64. The Morgan fingerprint density at radius 2 is 1.88 bits per heavy atom.